The van der Waals surface area contributed by atoms with Crippen LogP contribution in [0.15, 0.2) is 23.1 Å². The van der Waals surface area contributed by atoms with Crippen molar-refractivity contribution in [2.45, 2.75) is 6.42 Å². The SMILES string of the molecule is CNCCc1c[se]c2ccc(O)cc12. The van der Waals surface area contributed by atoms with Crippen LogP contribution >= 0.6 is 0 Å². The van der Waals surface area contributed by atoms with E-state index >= 15 is 0 Å². The fourth-order valence-corrected chi connectivity index (χ4v) is 3.57. The molecule has 0 bridgehead atoms. The van der Waals surface area contributed by atoms with Gasteiger partial charge in [0.15, 0.2) is 0 Å². The summed E-state index contributed by atoms with van der Waals surface area (Å²) in [5.74, 6) is 0.372. The number of rotatable bonds is 3. The normalized spacial score (nSPS) is 10.9. The molecule has 0 aliphatic heterocycles. The molecule has 0 unspecified atom stereocenters. The Morgan fingerprint density at radius 3 is 3.07 bits per heavy atom. The van der Waals surface area contributed by atoms with E-state index < -0.39 is 0 Å². The molecule has 0 radical (unpaired) electrons. The molecule has 0 fully saturated rings. The first kappa shape index (κ1) is 9.78. The van der Waals surface area contributed by atoms with Gasteiger partial charge < -0.3 is 0 Å². The summed E-state index contributed by atoms with van der Waals surface area (Å²) in [4.78, 5) is 2.31. The van der Waals surface area contributed by atoms with E-state index in [4.69, 9.17) is 0 Å². The molecule has 2 N–H and O–H groups in total. The third-order valence-corrected chi connectivity index (χ3v) is 4.41. The Morgan fingerprint density at radius 1 is 1.43 bits per heavy atom. The Morgan fingerprint density at radius 2 is 2.29 bits per heavy atom. The topological polar surface area (TPSA) is 32.3 Å². The number of likely N-dealkylation sites (N-methyl/N-ethyl adjacent to an activating group) is 1. The molecule has 2 rings (SSSR count). The minimum atomic E-state index is 0.372. The summed E-state index contributed by atoms with van der Waals surface area (Å²) >= 11 is 0.464. The Hall–Kier alpha value is -0.761. The Labute approximate surface area is 89.3 Å². The summed E-state index contributed by atoms with van der Waals surface area (Å²) in [6, 6.07) is 5.69. The number of hydrogen-bond donors (Lipinski definition) is 2. The summed E-state index contributed by atoms with van der Waals surface area (Å²) in [7, 11) is 1.96. The Kier molecular flexibility index (Phi) is 2.92. The standard InChI is InChI=1S/C11H13NOSe/c1-12-5-4-8-7-14-11-3-2-9(13)6-10(8)11/h2-3,6-7,12-13H,4-5H2,1H3. The van der Waals surface area contributed by atoms with Crippen LogP contribution in [0, 0.1) is 0 Å². The van der Waals surface area contributed by atoms with Crippen molar-refractivity contribution in [3.8, 4) is 5.75 Å². The van der Waals surface area contributed by atoms with Crippen molar-refractivity contribution in [1.29, 1.82) is 0 Å². The molecular weight excluding hydrogens is 241 g/mol. The second-order valence-corrected chi connectivity index (χ2v) is 5.21. The maximum absolute atomic E-state index is 9.40. The van der Waals surface area contributed by atoms with Crippen LogP contribution in [0.25, 0.3) is 9.65 Å². The quantitative estimate of drug-likeness (QED) is 0.811. The van der Waals surface area contributed by atoms with Gasteiger partial charge in [-0.1, -0.05) is 0 Å². The number of phenolic OH excluding ortho intramolecular Hbond substituents is 1. The average molecular weight is 254 g/mol. The molecule has 2 nitrogen and oxygen atoms in total. The van der Waals surface area contributed by atoms with Crippen LogP contribution in [-0.2, 0) is 6.42 Å². The molecule has 0 aliphatic carbocycles. The molecule has 14 heavy (non-hydrogen) atoms. The van der Waals surface area contributed by atoms with Crippen molar-refractivity contribution in [3.05, 3.63) is 28.7 Å². The van der Waals surface area contributed by atoms with Gasteiger partial charge >= 0.3 is 89.0 Å². The van der Waals surface area contributed by atoms with Gasteiger partial charge in [0.2, 0.25) is 0 Å². The number of aromatic hydroxyl groups is 1. The van der Waals surface area contributed by atoms with Crippen molar-refractivity contribution in [2.24, 2.45) is 0 Å². The molecule has 1 aromatic heterocycles. The third kappa shape index (κ3) is 1.85. The van der Waals surface area contributed by atoms with E-state index in [2.05, 4.69) is 10.3 Å². The van der Waals surface area contributed by atoms with E-state index in [-0.39, 0.29) is 0 Å². The van der Waals surface area contributed by atoms with Crippen LogP contribution in [0.3, 0.4) is 0 Å². The van der Waals surface area contributed by atoms with Gasteiger partial charge in [-0.3, -0.25) is 0 Å². The summed E-state index contributed by atoms with van der Waals surface area (Å²) in [5.41, 5.74) is 1.38. The molecule has 3 heteroatoms. The van der Waals surface area contributed by atoms with Crippen molar-refractivity contribution in [2.75, 3.05) is 13.6 Å². The molecular formula is C11H13NOSe. The van der Waals surface area contributed by atoms with Crippen molar-refractivity contribution < 1.29 is 5.11 Å². The zero-order valence-corrected chi connectivity index (χ0v) is 9.79. The predicted octanol–water partition coefficient (Wildman–Crippen LogP) is 1.36. The molecule has 0 saturated heterocycles. The fourth-order valence-electron chi connectivity index (χ4n) is 1.52. The molecule has 0 atom stereocenters. The molecule has 1 heterocycles. The average Bonchev–Trinajstić information content (AvgIpc) is 2.57. The molecule has 0 spiro atoms. The van der Waals surface area contributed by atoms with Crippen molar-refractivity contribution in [1.82, 2.24) is 5.32 Å². The van der Waals surface area contributed by atoms with E-state index in [0.29, 0.717) is 20.3 Å². The Bertz CT molecular complexity index is 436. The van der Waals surface area contributed by atoms with Crippen LogP contribution < -0.4 is 5.32 Å². The van der Waals surface area contributed by atoms with Gasteiger partial charge in [0, 0.05) is 0 Å². The van der Waals surface area contributed by atoms with Crippen molar-refractivity contribution in [3.63, 3.8) is 0 Å². The molecule has 74 valence electrons. The summed E-state index contributed by atoms with van der Waals surface area (Å²) in [5, 5.41) is 13.8. The number of hydrogen-bond acceptors (Lipinski definition) is 2. The molecule has 0 amide bonds. The summed E-state index contributed by atoms with van der Waals surface area (Å²) in [6.45, 7) is 0.997. The second kappa shape index (κ2) is 4.18. The van der Waals surface area contributed by atoms with Crippen LogP contribution in [0.5, 0.6) is 5.75 Å². The van der Waals surface area contributed by atoms with Gasteiger partial charge in [0.25, 0.3) is 0 Å². The van der Waals surface area contributed by atoms with Gasteiger partial charge in [-0.25, -0.2) is 0 Å². The van der Waals surface area contributed by atoms with Gasteiger partial charge in [0.05, 0.1) is 0 Å². The first-order valence-electron chi connectivity index (χ1n) is 4.65. The molecule has 1 aromatic carbocycles. The third-order valence-electron chi connectivity index (χ3n) is 2.28. The second-order valence-electron chi connectivity index (χ2n) is 3.29. The van der Waals surface area contributed by atoms with Crippen LogP contribution in [0.4, 0.5) is 0 Å². The number of nitrogens with one attached hydrogen (secondary N) is 1. The number of phenols is 1. The molecule has 2 aromatic rings. The van der Waals surface area contributed by atoms with Gasteiger partial charge in [-0.15, -0.1) is 0 Å². The summed E-state index contributed by atoms with van der Waals surface area (Å²) in [6.07, 6.45) is 1.05. The first-order valence-corrected chi connectivity index (χ1v) is 6.49. The van der Waals surface area contributed by atoms with E-state index in [1.165, 1.54) is 15.2 Å². The minimum absolute atomic E-state index is 0.372. The van der Waals surface area contributed by atoms with E-state index in [0.717, 1.165) is 13.0 Å². The number of fused-ring (bicyclic) bond motifs is 1. The summed E-state index contributed by atoms with van der Waals surface area (Å²) < 4.78 is 1.39. The monoisotopic (exact) mass is 255 g/mol. The van der Waals surface area contributed by atoms with Crippen LogP contribution in [0.2, 0.25) is 0 Å². The van der Waals surface area contributed by atoms with Gasteiger partial charge in [-0.05, 0) is 0 Å². The van der Waals surface area contributed by atoms with Crippen LogP contribution in [-0.4, -0.2) is 33.2 Å². The zero-order valence-electron chi connectivity index (χ0n) is 8.08. The maximum atomic E-state index is 9.40. The number of benzene rings is 1. The molecule has 0 saturated carbocycles. The van der Waals surface area contributed by atoms with Gasteiger partial charge in [0.1, 0.15) is 0 Å². The fraction of sp³-hybridized carbons (Fsp3) is 0.273. The molecule has 0 aliphatic rings. The Balaban J connectivity index is 2.40. The van der Waals surface area contributed by atoms with Crippen molar-refractivity contribution >= 4 is 24.1 Å². The van der Waals surface area contributed by atoms with Gasteiger partial charge in [-0.2, -0.15) is 0 Å². The van der Waals surface area contributed by atoms with E-state index in [1.807, 2.05) is 19.2 Å². The zero-order chi connectivity index (χ0) is 9.97. The predicted molar refractivity (Wildman–Crippen MR) is 60.2 cm³/mol. The van der Waals surface area contributed by atoms with E-state index in [1.54, 1.807) is 6.07 Å². The van der Waals surface area contributed by atoms with E-state index in [9.17, 15) is 5.11 Å². The first-order chi connectivity index (χ1) is 6.81. The van der Waals surface area contributed by atoms with Crippen LogP contribution in [0.1, 0.15) is 5.56 Å².